The molecule has 7 heteroatoms. The van der Waals surface area contributed by atoms with Gasteiger partial charge in [-0.2, -0.15) is 5.26 Å². The summed E-state index contributed by atoms with van der Waals surface area (Å²) in [4.78, 5) is 11.8. The minimum absolute atomic E-state index is 0.513. The fraction of sp³-hybridized carbons (Fsp3) is 0.261. The van der Waals surface area contributed by atoms with Crippen molar-refractivity contribution in [3.8, 4) is 17.3 Å². The summed E-state index contributed by atoms with van der Waals surface area (Å²) in [5, 5.41) is 14.6. The van der Waals surface area contributed by atoms with Gasteiger partial charge in [0, 0.05) is 42.5 Å². The first-order valence-electron chi connectivity index (χ1n) is 9.86. The fourth-order valence-electron chi connectivity index (χ4n) is 3.35. The summed E-state index contributed by atoms with van der Waals surface area (Å²) in [6, 6.07) is 18.3. The molecule has 0 saturated carbocycles. The van der Waals surface area contributed by atoms with E-state index in [1.165, 1.54) is 11.1 Å². The Hall–Kier alpha value is -2.59. The zero-order chi connectivity index (χ0) is 20.9. The molecule has 1 aromatic heterocycles. The minimum Gasteiger partial charge on any atom is -0.353 e. The molecule has 1 N–H and O–H groups in total. The number of nitrogens with one attached hydrogen (secondary N) is 1. The number of piperazine rings is 1. The summed E-state index contributed by atoms with van der Waals surface area (Å²) in [6.45, 7) is 5.45. The van der Waals surface area contributed by atoms with Crippen LogP contribution in [0.1, 0.15) is 16.7 Å². The lowest BCUT2D eigenvalue weighted by molar-refractivity contribution is 0.582. The van der Waals surface area contributed by atoms with Gasteiger partial charge in [0.15, 0.2) is 11.0 Å². The molecule has 1 aliphatic heterocycles. The molecule has 2 heterocycles. The van der Waals surface area contributed by atoms with E-state index in [2.05, 4.69) is 47.5 Å². The highest BCUT2D eigenvalue weighted by Crippen LogP contribution is 2.32. The predicted molar refractivity (Wildman–Crippen MR) is 123 cm³/mol. The summed E-state index contributed by atoms with van der Waals surface area (Å²) in [7, 11) is 0. The lowest BCUT2D eigenvalue weighted by Gasteiger charge is -2.29. The van der Waals surface area contributed by atoms with E-state index in [4.69, 9.17) is 21.6 Å². The van der Waals surface area contributed by atoms with E-state index < -0.39 is 0 Å². The summed E-state index contributed by atoms with van der Waals surface area (Å²) in [6.07, 6.45) is 0. The summed E-state index contributed by atoms with van der Waals surface area (Å²) >= 11 is 7.66. The molecule has 152 valence electrons. The van der Waals surface area contributed by atoms with Crippen LogP contribution in [0, 0.1) is 18.3 Å². The van der Waals surface area contributed by atoms with Crippen LogP contribution >= 0.6 is 23.4 Å². The molecule has 3 aromatic rings. The van der Waals surface area contributed by atoms with Crippen molar-refractivity contribution in [2.45, 2.75) is 17.8 Å². The Bertz CT molecular complexity index is 1050. The lowest BCUT2D eigenvalue weighted by atomic mass is 10.1. The molecule has 4 rings (SSSR count). The van der Waals surface area contributed by atoms with Crippen molar-refractivity contribution < 1.29 is 0 Å². The maximum Gasteiger partial charge on any atom is 0.190 e. The van der Waals surface area contributed by atoms with Crippen molar-refractivity contribution in [2.75, 3.05) is 31.1 Å². The highest BCUT2D eigenvalue weighted by molar-refractivity contribution is 7.98. The number of anilines is 1. The molecular formula is C23H22ClN5S. The number of nitrogens with zero attached hydrogens (tertiary/aromatic N) is 4. The highest BCUT2D eigenvalue weighted by atomic mass is 35.5. The third-order valence-electron chi connectivity index (χ3n) is 5.00. The van der Waals surface area contributed by atoms with E-state index in [9.17, 15) is 5.26 Å². The normalized spacial score (nSPS) is 13.8. The molecule has 1 saturated heterocycles. The molecule has 0 spiro atoms. The maximum absolute atomic E-state index is 9.97. The summed E-state index contributed by atoms with van der Waals surface area (Å²) in [5.41, 5.74) is 4.50. The van der Waals surface area contributed by atoms with Crippen LogP contribution in [-0.4, -0.2) is 36.1 Å². The average molecular weight is 436 g/mol. The van der Waals surface area contributed by atoms with Crippen LogP contribution in [0.3, 0.4) is 0 Å². The van der Waals surface area contributed by atoms with Crippen LogP contribution in [0.2, 0.25) is 5.02 Å². The van der Waals surface area contributed by atoms with Gasteiger partial charge in [-0.25, -0.2) is 9.97 Å². The fourth-order valence-corrected chi connectivity index (χ4v) is 4.27. The molecule has 5 nitrogen and oxygen atoms in total. The van der Waals surface area contributed by atoms with Crippen molar-refractivity contribution in [3.05, 3.63) is 70.2 Å². The van der Waals surface area contributed by atoms with Crippen molar-refractivity contribution in [1.29, 1.82) is 5.26 Å². The largest absolute Gasteiger partial charge is 0.353 e. The Labute approximate surface area is 186 Å². The van der Waals surface area contributed by atoms with E-state index in [1.54, 1.807) is 11.8 Å². The van der Waals surface area contributed by atoms with Gasteiger partial charge in [-0.05, 0) is 24.6 Å². The number of hydrogen-bond acceptors (Lipinski definition) is 6. The Kier molecular flexibility index (Phi) is 6.53. The molecule has 0 atom stereocenters. The first-order valence-corrected chi connectivity index (χ1v) is 11.2. The van der Waals surface area contributed by atoms with Gasteiger partial charge in [0.1, 0.15) is 11.6 Å². The molecule has 2 aromatic carbocycles. The van der Waals surface area contributed by atoms with Gasteiger partial charge in [-0.15, -0.1) is 0 Å². The second-order valence-corrected chi connectivity index (χ2v) is 8.56. The lowest BCUT2D eigenvalue weighted by Crippen LogP contribution is -2.44. The van der Waals surface area contributed by atoms with Crippen molar-refractivity contribution >= 4 is 29.2 Å². The highest BCUT2D eigenvalue weighted by Gasteiger charge is 2.22. The molecule has 0 amide bonds. The summed E-state index contributed by atoms with van der Waals surface area (Å²) in [5.74, 6) is 1.48. The molecular weight excluding hydrogens is 414 g/mol. The number of nitriles is 1. The average Bonchev–Trinajstić information content (AvgIpc) is 2.79. The van der Waals surface area contributed by atoms with Crippen molar-refractivity contribution in [3.63, 3.8) is 0 Å². The van der Waals surface area contributed by atoms with Gasteiger partial charge in [0.25, 0.3) is 0 Å². The van der Waals surface area contributed by atoms with Gasteiger partial charge < -0.3 is 10.2 Å². The van der Waals surface area contributed by atoms with Crippen LogP contribution in [0.4, 0.5) is 5.82 Å². The van der Waals surface area contributed by atoms with Crippen LogP contribution in [0.15, 0.2) is 53.7 Å². The maximum atomic E-state index is 9.97. The van der Waals surface area contributed by atoms with Crippen molar-refractivity contribution in [2.24, 2.45) is 0 Å². The Morgan fingerprint density at radius 1 is 1.07 bits per heavy atom. The third kappa shape index (κ3) is 4.76. The first kappa shape index (κ1) is 20.7. The molecule has 30 heavy (non-hydrogen) atoms. The Morgan fingerprint density at radius 3 is 2.43 bits per heavy atom. The van der Waals surface area contributed by atoms with E-state index in [-0.39, 0.29) is 0 Å². The van der Waals surface area contributed by atoms with E-state index >= 15 is 0 Å². The Balaban J connectivity index is 1.73. The van der Waals surface area contributed by atoms with Crippen LogP contribution in [0.5, 0.6) is 0 Å². The number of benzene rings is 2. The van der Waals surface area contributed by atoms with Crippen LogP contribution in [-0.2, 0) is 5.75 Å². The standard InChI is InChI=1S/C23H22ClN5S/c1-16-2-4-17(5-3-16)15-30-23-27-21(18-6-8-19(24)9-7-18)20(14-25)22(28-23)29-12-10-26-11-13-29/h2-9,26H,10-13,15H2,1H3. The SMILES string of the molecule is Cc1ccc(CSc2nc(-c3ccc(Cl)cc3)c(C#N)c(N3CCNCC3)n2)cc1. The molecule has 0 unspecified atom stereocenters. The minimum atomic E-state index is 0.513. The van der Waals surface area contributed by atoms with E-state index in [0.717, 1.165) is 37.5 Å². The van der Waals surface area contributed by atoms with Gasteiger partial charge >= 0.3 is 0 Å². The Morgan fingerprint density at radius 2 is 1.77 bits per heavy atom. The topological polar surface area (TPSA) is 64.8 Å². The summed E-state index contributed by atoms with van der Waals surface area (Å²) < 4.78 is 0. The predicted octanol–water partition coefficient (Wildman–Crippen LogP) is 4.68. The number of aromatic nitrogens is 2. The third-order valence-corrected chi connectivity index (χ3v) is 6.17. The number of aryl methyl sites for hydroxylation is 1. The van der Waals surface area contributed by atoms with Gasteiger partial charge in [-0.3, -0.25) is 0 Å². The van der Waals surface area contributed by atoms with Crippen molar-refractivity contribution in [1.82, 2.24) is 15.3 Å². The monoisotopic (exact) mass is 435 g/mol. The molecule has 0 aliphatic carbocycles. The number of halogens is 1. The van der Waals surface area contributed by atoms with Crippen LogP contribution < -0.4 is 10.2 Å². The quantitative estimate of drug-likeness (QED) is 0.463. The molecule has 1 aliphatic rings. The number of rotatable bonds is 5. The van der Waals surface area contributed by atoms with Gasteiger partial charge in [0.05, 0.1) is 5.69 Å². The molecule has 0 radical (unpaired) electrons. The first-order chi connectivity index (χ1) is 14.6. The number of thioether (sulfide) groups is 1. The van der Waals surface area contributed by atoms with E-state index in [1.807, 2.05) is 24.3 Å². The van der Waals surface area contributed by atoms with Gasteiger partial charge in [0.2, 0.25) is 0 Å². The molecule has 1 fully saturated rings. The van der Waals surface area contributed by atoms with Gasteiger partial charge in [-0.1, -0.05) is 65.3 Å². The zero-order valence-corrected chi connectivity index (χ0v) is 18.3. The smallest absolute Gasteiger partial charge is 0.190 e. The zero-order valence-electron chi connectivity index (χ0n) is 16.7. The molecule has 0 bridgehead atoms. The second kappa shape index (κ2) is 9.48. The second-order valence-electron chi connectivity index (χ2n) is 7.18. The van der Waals surface area contributed by atoms with Crippen LogP contribution in [0.25, 0.3) is 11.3 Å². The number of hydrogen-bond donors (Lipinski definition) is 1. The van der Waals surface area contributed by atoms with E-state index in [0.29, 0.717) is 27.3 Å².